The SMILES string of the molecule is COC(=O)C(C)(C)c1ccc([N+](=O)[O-])cc1[N+](=O)[O-]. The number of benzene rings is 1. The van der Waals surface area contributed by atoms with Crippen molar-refractivity contribution in [3.63, 3.8) is 0 Å². The van der Waals surface area contributed by atoms with Crippen LogP contribution in [0, 0.1) is 20.2 Å². The number of esters is 1. The van der Waals surface area contributed by atoms with Crippen LogP contribution in [0.2, 0.25) is 0 Å². The third-order valence-corrected chi connectivity index (χ3v) is 2.76. The second-order valence-corrected chi connectivity index (χ2v) is 4.33. The van der Waals surface area contributed by atoms with E-state index in [1.54, 1.807) is 0 Å². The molecule has 0 N–H and O–H groups in total. The van der Waals surface area contributed by atoms with Crippen molar-refractivity contribution in [1.29, 1.82) is 0 Å². The van der Waals surface area contributed by atoms with E-state index in [9.17, 15) is 25.0 Å². The second kappa shape index (κ2) is 5.01. The first kappa shape index (κ1) is 14.6. The molecule has 0 heterocycles. The summed E-state index contributed by atoms with van der Waals surface area (Å²) in [6, 6.07) is 3.15. The van der Waals surface area contributed by atoms with Crippen LogP contribution in [0.3, 0.4) is 0 Å². The van der Waals surface area contributed by atoms with Crippen molar-refractivity contribution in [1.82, 2.24) is 0 Å². The highest BCUT2D eigenvalue weighted by atomic mass is 16.6. The number of non-ortho nitro benzene ring substituents is 1. The molecule has 19 heavy (non-hydrogen) atoms. The van der Waals surface area contributed by atoms with E-state index < -0.39 is 32.6 Å². The molecule has 1 aromatic carbocycles. The molecule has 102 valence electrons. The van der Waals surface area contributed by atoms with Gasteiger partial charge in [-0.1, -0.05) is 0 Å². The standard InChI is InChI=1S/C11H12N2O6/c1-11(2,10(14)19-3)8-5-4-7(12(15)16)6-9(8)13(17)18/h4-6H,1-3H3. The van der Waals surface area contributed by atoms with Crippen LogP contribution in [0.15, 0.2) is 18.2 Å². The molecular weight excluding hydrogens is 256 g/mol. The fraction of sp³-hybridized carbons (Fsp3) is 0.364. The van der Waals surface area contributed by atoms with E-state index in [2.05, 4.69) is 4.74 Å². The molecule has 0 radical (unpaired) electrons. The van der Waals surface area contributed by atoms with Crippen molar-refractivity contribution in [3.05, 3.63) is 44.0 Å². The Morgan fingerprint density at radius 3 is 2.21 bits per heavy atom. The van der Waals surface area contributed by atoms with Crippen molar-refractivity contribution in [2.75, 3.05) is 7.11 Å². The van der Waals surface area contributed by atoms with Gasteiger partial charge in [0.1, 0.15) is 0 Å². The zero-order valence-corrected chi connectivity index (χ0v) is 10.6. The van der Waals surface area contributed by atoms with E-state index >= 15 is 0 Å². The molecule has 0 amide bonds. The van der Waals surface area contributed by atoms with Crippen molar-refractivity contribution in [3.8, 4) is 0 Å². The highest BCUT2D eigenvalue weighted by molar-refractivity contribution is 5.84. The van der Waals surface area contributed by atoms with Crippen LogP contribution in [-0.2, 0) is 14.9 Å². The molecule has 0 fully saturated rings. The summed E-state index contributed by atoms with van der Waals surface area (Å²) in [5.41, 5.74) is -2.10. The minimum absolute atomic E-state index is 0.0648. The van der Waals surface area contributed by atoms with Gasteiger partial charge in [-0.3, -0.25) is 25.0 Å². The first-order chi connectivity index (χ1) is 8.71. The van der Waals surface area contributed by atoms with Crippen LogP contribution < -0.4 is 0 Å². The van der Waals surface area contributed by atoms with E-state index in [1.807, 2.05) is 0 Å². The molecule has 0 aliphatic heterocycles. The Morgan fingerprint density at radius 1 is 1.21 bits per heavy atom. The average Bonchev–Trinajstić information content (AvgIpc) is 2.36. The van der Waals surface area contributed by atoms with Crippen LogP contribution in [-0.4, -0.2) is 22.9 Å². The number of hydrogen-bond donors (Lipinski definition) is 0. The molecule has 0 bridgehead atoms. The number of carbonyl (C=O) groups excluding carboxylic acids is 1. The maximum Gasteiger partial charge on any atom is 0.315 e. The predicted octanol–water partition coefficient (Wildman–Crippen LogP) is 1.95. The molecule has 8 nitrogen and oxygen atoms in total. The lowest BCUT2D eigenvalue weighted by Crippen LogP contribution is -2.31. The van der Waals surface area contributed by atoms with Gasteiger partial charge in [0.05, 0.1) is 28.4 Å². The van der Waals surface area contributed by atoms with Crippen molar-refractivity contribution in [2.24, 2.45) is 0 Å². The van der Waals surface area contributed by atoms with Crippen molar-refractivity contribution in [2.45, 2.75) is 19.3 Å². The number of hydrogen-bond acceptors (Lipinski definition) is 6. The van der Waals surface area contributed by atoms with Gasteiger partial charge in [-0.05, 0) is 19.9 Å². The van der Waals surface area contributed by atoms with Crippen molar-refractivity contribution < 1.29 is 19.4 Å². The summed E-state index contributed by atoms with van der Waals surface area (Å²) in [6.07, 6.45) is 0. The Kier molecular flexibility index (Phi) is 3.83. The lowest BCUT2D eigenvalue weighted by Gasteiger charge is -2.21. The highest BCUT2D eigenvalue weighted by Gasteiger charge is 2.37. The lowest BCUT2D eigenvalue weighted by atomic mass is 9.83. The first-order valence-electron chi connectivity index (χ1n) is 5.23. The second-order valence-electron chi connectivity index (χ2n) is 4.33. The Balaban J connectivity index is 3.48. The monoisotopic (exact) mass is 268 g/mol. The largest absolute Gasteiger partial charge is 0.468 e. The van der Waals surface area contributed by atoms with E-state index in [1.165, 1.54) is 27.0 Å². The lowest BCUT2D eigenvalue weighted by molar-refractivity contribution is -0.394. The molecule has 0 saturated heterocycles. The Morgan fingerprint density at radius 2 is 1.79 bits per heavy atom. The summed E-state index contributed by atoms with van der Waals surface area (Å²) in [6.45, 7) is 2.90. The fourth-order valence-corrected chi connectivity index (χ4v) is 1.68. The smallest absolute Gasteiger partial charge is 0.315 e. The molecule has 0 aliphatic rings. The number of nitro groups is 2. The number of methoxy groups -OCH3 is 1. The molecule has 1 aromatic rings. The summed E-state index contributed by atoms with van der Waals surface area (Å²) < 4.78 is 4.59. The van der Waals surface area contributed by atoms with Crippen molar-refractivity contribution >= 4 is 17.3 Å². The summed E-state index contributed by atoms with van der Waals surface area (Å²) in [5, 5.41) is 21.6. The molecule has 0 aliphatic carbocycles. The molecule has 1 rings (SSSR count). The molecule has 0 atom stereocenters. The fourth-order valence-electron chi connectivity index (χ4n) is 1.68. The molecule has 0 spiro atoms. The highest BCUT2D eigenvalue weighted by Crippen LogP contribution is 2.34. The van der Waals surface area contributed by atoms with Crippen LogP contribution in [0.25, 0.3) is 0 Å². The van der Waals surface area contributed by atoms with E-state index in [-0.39, 0.29) is 5.56 Å². The quantitative estimate of drug-likeness (QED) is 0.468. The maximum absolute atomic E-state index is 11.6. The molecule has 0 unspecified atom stereocenters. The number of carbonyl (C=O) groups is 1. The number of rotatable bonds is 4. The molecule has 0 aromatic heterocycles. The van der Waals surface area contributed by atoms with Crippen LogP contribution >= 0.6 is 0 Å². The van der Waals surface area contributed by atoms with Gasteiger partial charge in [-0.25, -0.2) is 0 Å². The number of ether oxygens (including phenoxy) is 1. The predicted molar refractivity (Wildman–Crippen MR) is 64.8 cm³/mol. The van der Waals surface area contributed by atoms with Gasteiger partial charge in [0, 0.05) is 11.6 Å². The Labute approximate surface area is 108 Å². The normalized spacial score (nSPS) is 10.9. The Hall–Kier alpha value is -2.51. The minimum Gasteiger partial charge on any atom is -0.468 e. The maximum atomic E-state index is 11.6. The van der Waals surface area contributed by atoms with Gasteiger partial charge < -0.3 is 4.74 Å². The van der Waals surface area contributed by atoms with Gasteiger partial charge >= 0.3 is 5.97 Å². The summed E-state index contributed by atoms with van der Waals surface area (Å²) >= 11 is 0. The van der Waals surface area contributed by atoms with Gasteiger partial charge in [0.25, 0.3) is 11.4 Å². The van der Waals surface area contributed by atoms with Crippen LogP contribution in [0.1, 0.15) is 19.4 Å². The summed E-state index contributed by atoms with van der Waals surface area (Å²) in [7, 11) is 1.17. The van der Waals surface area contributed by atoms with Crippen LogP contribution in [0.4, 0.5) is 11.4 Å². The topological polar surface area (TPSA) is 113 Å². The van der Waals surface area contributed by atoms with Gasteiger partial charge in [-0.2, -0.15) is 0 Å². The third kappa shape index (κ3) is 2.67. The Bertz CT molecular complexity index is 552. The summed E-state index contributed by atoms with van der Waals surface area (Å²) in [4.78, 5) is 31.8. The number of nitro benzene ring substituents is 2. The third-order valence-electron chi connectivity index (χ3n) is 2.76. The first-order valence-corrected chi connectivity index (χ1v) is 5.23. The summed E-state index contributed by atoms with van der Waals surface area (Å²) in [5.74, 6) is -0.663. The number of nitrogens with zero attached hydrogens (tertiary/aromatic N) is 2. The molecule has 0 saturated carbocycles. The molecule has 8 heteroatoms. The molecular formula is C11H12N2O6. The van der Waals surface area contributed by atoms with Gasteiger partial charge in [0.15, 0.2) is 0 Å². The van der Waals surface area contributed by atoms with E-state index in [0.717, 1.165) is 12.1 Å². The van der Waals surface area contributed by atoms with Crippen LogP contribution in [0.5, 0.6) is 0 Å². The zero-order chi connectivity index (χ0) is 14.8. The van der Waals surface area contributed by atoms with E-state index in [4.69, 9.17) is 0 Å². The minimum atomic E-state index is -1.27. The zero-order valence-electron chi connectivity index (χ0n) is 10.6. The van der Waals surface area contributed by atoms with E-state index in [0.29, 0.717) is 0 Å². The average molecular weight is 268 g/mol. The van der Waals surface area contributed by atoms with Gasteiger partial charge in [-0.15, -0.1) is 0 Å². The van der Waals surface area contributed by atoms with Gasteiger partial charge in [0.2, 0.25) is 0 Å².